The third-order valence-corrected chi connectivity index (χ3v) is 5.62. The van der Waals surface area contributed by atoms with E-state index in [4.69, 9.17) is 10.2 Å². The highest BCUT2D eigenvalue weighted by Crippen LogP contribution is 2.35. The highest BCUT2D eigenvalue weighted by atomic mass is 16.3. The molecule has 9 heteroatoms. The quantitative estimate of drug-likeness (QED) is 0.633. The summed E-state index contributed by atoms with van der Waals surface area (Å²) >= 11 is 0. The van der Waals surface area contributed by atoms with Crippen LogP contribution in [0.5, 0.6) is 0 Å². The van der Waals surface area contributed by atoms with E-state index in [1.54, 1.807) is 27.9 Å². The van der Waals surface area contributed by atoms with E-state index < -0.39 is 11.4 Å². The van der Waals surface area contributed by atoms with Crippen LogP contribution in [0.1, 0.15) is 40.2 Å². The van der Waals surface area contributed by atoms with Crippen LogP contribution in [0.3, 0.4) is 0 Å². The van der Waals surface area contributed by atoms with Crippen molar-refractivity contribution >= 4 is 23.3 Å². The number of hydrogen-bond acceptors (Lipinski definition) is 6. The van der Waals surface area contributed by atoms with Crippen molar-refractivity contribution in [3.05, 3.63) is 66.2 Å². The Morgan fingerprint density at radius 1 is 1.19 bits per heavy atom. The molecule has 2 amide bonds. The van der Waals surface area contributed by atoms with Crippen molar-refractivity contribution in [2.24, 2.45) is 5.73 Å². The number of rotatable bonds is 6. The van der Waals surface area contributed by atoms with Gasteiger partial charge in [-0.2, -0.15) is 10.4 Å². The Morgan fingerprint density at radius 2 is 1.94 bits per heavy atom. The molecule has 4 rings (SSSR count). The number of aromatic nitrogens is 2. The summed E-state index contributed by atoms with van der Waals surface area (Å²) in [5, 5.41) is 17.2. The first kappa shape index (κ1) is 20.2. The number of carbonyl (C=O) groups excluding carboxylic acids is 2. The van der Waals surface area contributed by atoms with Crippen LogP contribution < -0.4 is 11.1 Å². The summed E-state index contributed by atoms with van der Waals surface area (Å²) in [6.45, 7) is 0.878. The number of benzene rings is 1. The molecule has 0 unspecified atom stereocenters. The first-order chi connectivity index (χ1) is 15.0. The van der Waals surface area contributed by atoms with Gasteiger partial charge in [-0.3, -0.25) is 14.3 Å². The fourth-order valence-electron chi connectivity index (χ4n) is 3.86. The topological polar surface area (TPSA) is 130 Å². The predicted octanol–water partition coefficient (Wildman–Crippen LogP) is 2.86. The second-order valence-electron chi connectivity index (χ2n) is 7.52. The molecule has 158 valence electrons. The Bertz CT molecular complexity index is 1110. The molecule has 9 nitrogen and oxygen atoms in total. The molecule has 0 saturated carbocycles. The molecule has 2 aromatic heterocycles. The highest BCUT2D eigenvalue weighted by molar-refractivity contribution is 5.98. The summed E-state index contributed by atoms with van der Waals surface area (Å²) in [4.78, 5) is 26.3. The van der Waals surface area contributed by atoms with Crippen molar-refractivity contribution < 1.29 is 14.0 Å². The first-order valence-electron chi connectivity index (χ1n) is 9.94. The molecule has 0 atom stereocenters. The SMILES string of the molecule is N#CCC1(n2cc(C(N)=O)c(Nc3ccccc3)n2)CCN(C(=O)c2ccco2)CC1. The van der Waals surface area contributed by atoms with Gasteiger partial charge in [0.1, 0.15) is 5.56 Å². The van der Waals surface area contributed by atoms with Gasteiger partial charge in [-0.15, -0.1) is 0 Å². The average Bonchev–Trinajstić information content (AvgIpc) is 3.45. The molecule has 1 aliphatic heterocycles. The number of piperidine rings is 1. The maximum Gasteiger partial charge on any atom is 0.289 e. The van der Waals surface area contributed by atoms with Crippen molar-refractivity contribution in [2.75, 3.05) is 18.4 Å². The minimum atomic E-state index is -0.643. The van der Waals surface area contributed by atoms with Crippen molar-refractivity contribution in [1.29, 1.82) is 5.26 Å². The number of furan rings is 1. The minimum absolute atomic E-state index is 0.180. The molecular formula is C22H22N6O3. The number of anilines is 2. The third-order valence-electron chi connectivity index (χ3n) is 5.62. The predicted molar refractivity (Wildman–Crippen MR) is 113 cm³/mol. The lowest BCUT2D eigenvalue weighted by Gasteiger charge is -2.40. The number of nitrogens with zero attached hydrogens (tertiary/aromatic N) is 4. The molecule has 1 aromatic carbocycles. The first-order valence-corrected chi connectivity index (χ1v) is 9.94. The van der Waals surface area contributed by atoms with E-state index in [0.717, 1.165) is 5.69 Å². The number of hydrogen-bond donors (Lipinski definition) is 2. The maximum absolute atomic E-state index is 12.6. The van der Waals surface area contributed by atoms with Crippen LogP contribution in [0.4, 0.5) is 11.5 Å². The zero-order valence-electron chi connectivity index (χ0n) is 16.8. The van der Waals surface area contributed by atoms with E-state index in [2.05, 4.69) is 16.5 Å². The molecule has 31 heavy (non-hydrogen) atoms. The molecule has 0 aliphatic carbocycles. The standard InChI is InChI=1S/C22H22N6O3/c23-11-8-22(9-12-27(13-10-22)21(30)18-7-4-14-31-18)28-15-17(19(24)29)20(26-28)25-16-5-2-1-3-6-16/h1-7,14-15H,8-10,12-13H2,(H2,24,29)(H,25,26). The Hall–Kier alpha value is -4.06. The molecule has 0 bridgehead atoms. The van der Waals surface area contributed by atoms with Gasteiger partial charge in [-0.25, -0.2) is 0 Å². The number of para-hydroxylation sites is 1. The fourth-order valence-corrected chi connectivity index (χ4v) is 3.86. The average molecular weight is 418 g/mol. The molecular weight excluding hydrogens is 396 g/mol. The van der Waals surface area contributed by atoms with E-state index in [0.29, 0.717) is 31.7 Å². The lowest BCUT2D eigenvalue weighted by atomic mass is 9.85. The van der Waals surface area contributed by atoms with Crippen LogP contribution in [0.2, 0.25) is 0 Å². The molecule has 0 spiro atoms. The van der Waals surface area contributed by atoms with E-state index in [1.807, 2.05) is 30.3 Å². The Balaban J connectivity index is 1.60. The number of amides is 2. The van der Waals surface area contributed by atoms with Crippen LogP contribution >= 0.6 is 0 Å². The lowest BCUT2D eigenvalue weighted by molar-refractivity contribution is 0.0550. The molecule has 1 aliphatic rings. The Morgan fingerprint density at radius 3 is 2.55 bits per heavy atom. The molecule has 3 N–H and O–H groups in total. The van der Waals surface area contributed by atoms with E-state index in [1.165, 1.54) is 6.26 Å². The molecule has 1 saturated heterocycles. The summed E-state index contributed by atoms with van der Waals surface area (Å²) in [5.74, 6) is -0.162. The molecule has 0 radical (unpaired) electrons. The van der Waals surface area contributed by atoms with Gasteiger partial charge in [0, 0.05) is 25.0 Å². The third kappa shape index (κ3) is 4.00. The lowest BCUT2D eigenvalue weighted by Crippen LogP contribution is -2.48. The number of nitrogens with one attached hydrogen (secondary N) is 1. The Kier molecular flexibility index (Phi) is 5.45. The fraction of sp³-hybridized carbons (Fsp3) is 0.273. The number of carbonyl (C=O) groups is 2. The van der Waals surface area contributed by atoms with Gasteiger partial charge in [0.05, 0.1) is 24.3 Å². The van der Waals surface area contributed by atoms with E-state index >= 15 is 0 Å². The second-order valence-corrected chi connectivity index (χ2v) is 7.52. The smallest absolute Gasteiger partial charge is 0.289 e. The maximum atomic E-state index is 12.6. The van der Waals surface area contributed by atoms with Gasteiger partial charge in [-0.1, -0.05) is 18.2 Å². The molecule has 3 aromatic rings. The van der Waals surface area contributed by atoms with Crippen molar-refractivity contribution in [2.45, 2.75) is 24.8 Å². The highest BCUT2D eigenvalue weighted by Gasteiger charge is 2.39. The summed E-state index contributed by atoms with van der Waals surface area (Å²) in [7, 11) is 0. The molecule has 1 fully saturated rings. The second kappa shape index (κ2) is 8.36. The number of likely N-dealkylation sites (tertiary alicyclic amines) is 1. The summed E-state index contributed by atoms with van der Waals surface area (Å²) < 4.78 is 6.88. The van der Waals surface area contributed by atoms with Crippen molar-refractivity contribution in [3.8, 4) is 6.07 Å². The number of nitriles is 1. The van der Waals surface area contributed by atoms with Crippen LogP contribution in [0.25, 0.3) is 0 Å². The van der Waals surface area contributed by atoms with Crippen LogP contribution in [-0.4, -0.2) is 39.6 Å². The van der Waals surface area contributed by atoms with Crippen molar-refractivity contribution in [1.82, 2.24) is 14.7 Å². The van der Waals surface area contributed by atoms with E-state index in [-0.39, 0.29) is 23.7 Å². The molecule has 3 heterocycles. The van der Waals surface area contributed by atoms with Gasteiger partial charge in [0.15, 0.2) is 11.6 Å². The van der Waals surface area contributed by atoms with Gasteiger partial charge in [0.2, 0.25) is 0 Å². The minimum Gasteiger partial charge on any atom is -0.459 e. The normalized spacial score (nSPS) is 15.3. The largest absolute Gasteiger partial charge is 0.459 e. The monoisotopic (exact) mass is 418 g/mol. The van der Waals surface area contributed by atoms with E-state index in [9.17, 15) is 14.9 Å². The van der Waals surface area contributed by atoms with Gasteiger partial charge < -0.3 is 20.4 Å². The van der Waals surface area contributed by atoms with Gasteiger partial charge in [0.25, 0.3) is 11.8 Å². The van der Waals surface area contributed by atoms with Gasteiger partial charge in [-0.05, 0) is 37.1 Å². The number of primary amides is 1. The summed E-state index contributed by atoms with van der Waals surface area (Å²) in [6, 6.07) is 14.9. The zero-order chi connectivity index (χ0) is 21.8. The summed E-state index contributed by atoms with van der Waals surface area (Å²) in [5.41, 5.74) is 5.95. The summed E-state index contributed by atoms with van der Waals surface area (Å²) in [6.07, 6.45) is 4.28. The van der Waals surface area contributed by atoms with Crippen molar-refractivity contribution in [3.63, 3.8) is 0 Å². The van der Waals surface area contributed by atoms with Crippen LogP contribution in [-0.2, 0) is 5.54 Å². The van der Waals surface area contributed by atoms with Crippen LogP contribution in [0.15, 0.2) is 59.3 Å². The Labute approximate surface area is 179 Å². The van der Waals surface area contributed by atoms with Gasteiger partial charge >= 0.3 is 0 Å². The van der Waals surface area contributed by atoms with Crippen LogP contribution in [0, 0.1) is 11.3 Å². The zero-order valence-corrected chi connectivity index (χ0v) is 16.8. The number of nitrogens with two attached hydrogens (primary N) is 1.